The molecular formula is C15H20O6. The smallest absolute Gasteiger partial charge is 0.306 e. The Morgan fingerprint density at radius 3 is 2.62 bits per heavy atom. The van der Waals surface area contributed by atoms with E-state index in [9.17, 15) is 20.1 Å². The number of rotatable bonds is 5. The van der Waals surface area contributed by atoms with Gasteiger partial charge in [0, 0.05) is 6.42 Å². The zero-order chi connectivity index (χ0) is 15.2. The molecule has 0 aliphatic carbocycles. The summed E-state index contributed by atoms with van der Waals surface area (Å²) in [4.78, 5) is 11.6. The van der Waals surface area contributed by atoms with E-state index in [0.717, 1.165) is 5.56 Å². The lowest BCUT2D eigenvalue weighted by atomic mass is 10.0. The molecule has 0 unspecified atom stereocenters. The number of benzene rings is 1. The van der Waals surface area contributed by atoms with Crippen LogP contribution in [-0.4, -0.2) is 58.9 Å². The minimum atomic E-state index is -1.29. The molecule has 6 heteroatoms. The van der Waals surface area contributed by atoms with Crippen molar-refractivity contribution in [2.45, 2.75) is 37.3 Å². The number of aliphatic hydroxyl groups excluding tert-OH is 3. The van der Waals surface area contributed by atoms with E-state index in [2.05, 4.69) is 0 Å². The fourth-order valence-corrected chi connectivity index (χ4v) is 2.15. The molecule has 0 radical (unpaired) electrons. The van der Waals surface area contributed by atoms with Gasteiger partial charge in [0.2, 0.25) is 0 Å². The van der Waals surface area contributed by atoms with E-state index in [0.29, 0.717) is 6.42 Å². The zero-order valence-corrected chi connectivity index (χ0v) is 11.6. The van der Waals surface area contributed by atoms with Gasteiger partial charge in [0.05, 0.1) is 6.61 Å². The van der Waals surface area contributed by atoms with Crippen LogP contribution in [0.4, 0.5) is 0 Å². The summed E-state index contributed by atoms with van der Waals surface area (Å²) in [5, 5.41) is 28.5. The molecule has 1 aliphatic heterocycles. The molecule has 6 nitrogen and oxygen atoms in total. The predicted molar refractivity (Wildman–Crippen MR) is 73.5 cm³/mol. The van der Waals surface area contributed by atoms with Gasteiger partial charge < -0.3 is 24.8 Å². The molecular weight excluding hydrogens is 276 g/mol. The maximum absolute atomic E-state index is 11.6. The summed E-state index contributed by atoms with van der Waals surface area (Å²) in [6.45, 7) is -0.233. The van der Waals surface area contributed by atoms with Crippen molar-refractivity contribution in [1.29, 1.82) is 0 Å². The Balaban J connectivity index is 1.71. The van der Waals surface area contributed by atoms with Crippen molar-refractivity contribution < 1.29 is 29.6 Å². The number of esters is 1. The summed E-state index contributed by atoms with van der Waals surface area (Å²) < 4.78 is 10.2. The van der Waals surface area contributed by atoms with Crippen LogP contribution in [0.3, 0.4) is 0 Å². The predicted octanol–water partition coefficient (Wildman–Crippen LogP) is -0.356. The molecule has 1 aromatic rings. The number of aliphatic hydroxyl groups is 3. The molecule has 0 spiro atoms. The van der Waals surface area contributed by atoms with Crippen molar-refractivity contribution in [3.8, 4) is 0 Å². The van der Waals surface area contributed by atoms with Gasteiger partial charge in [0.25, 0.3) is 0 Å². The number of hydrogen-bond donors (Lipinski definition) is 3. The molecule has 0 saturated carbocycles. The second-order valence-corrected chi connectivity index (χ2v) is 5.09. The average Bonchev–Trinajstić information content (AvgIpc) is 2.51. The molecule has 1 aromatic carbocycles. The fourth-order valence-electron chi connectivity index (χ4n) is 2.15. The maximum Gasteiger partial charge on any atom is 0.306 e. The van der Waals surface area contributed by atoms with E-state index in [1.54, 1.807) is 0 Å². The molecule has 2 rings (SSSR count). The number of ether oxygens (including phenoxy) is 2. The zero-order valence-electron chi connectivity index (χ0n) is 11.6. The van der Waals surface area contributed by atoms with Gasteiger partial charge >= 0.3 is 5.97 Å². The van der Waals surface area contributed by atoms with Crippen molar-refractivity contribution >= 4 is 5.97 Å². The van der Waals surface area contributed by atoms with Gasteiger partial charge in [-0.2, -0.15) is 0 Å². The summed E-state index contributed by atoms with van der Waals surface area (Å²) in [6, 6.07) is 9.57. The highest BCUT2D eigenvalue weighted by molar-refractivity contribution is 5.69. The number of hydrogen-bond acceptors (Lipinski definition) is 6. The van der Waals surface area contributed by atoms with E-state index in [-0.39, 0.29) is 19.6 Å². The van der Waals surface area contributed by atoms with E-state index in [1.807, 2.05) is 30.3 Å². The van der Waals surface area contributed by atoms with Crippen molar-refractivity contribution in [1.82, 2.24) is 0 Å². The third-order valence-corrected chi connectivity index (χ3v) is 3.48. The average molecular weight is 296 g/mol. The maximum atomic E-state index is 11.6. The van der Waals surface area contributed by atoms with Crippen LogP contribution in [0.25, 0.3) is 0 Å². The number of carbonyl (C=O) groups excluding carboxylic acids is 1. The van der Waals surface area contributed by atoms with Gasteiger partial charge in [-0.05, 0) is 12.0 Å². The summed E-state index contributed by atoms with van der Waals surface area (Å²) in [6.07, 6.45) is -3.68. The first-order chi connectivity index (χ1) is 10.1. The second-order valence-electron chi connectivity index (χ2n) is 5.09. The van der Waals surface area contributed by atoms with Gasteiger partial charge in [-0.3, -0.25) is 4.79 Å². The molecule has 116 valence electrons. The Labute approximate surface area is 122 Å². The molecule has 21 heavy (non-hydrogen) atoms. The highest BCUT2D eigenvalue weighted by atomic mass is 16.6. The molecule has 1 heterocycles. The third kappa shape index (κ3) is 4.50. The van der Waals surface area contributed by atoms with E-state index in [1.165, 1.54) is 0 Å². The van der Waals surface area contributed by atoms with E-state index >= 15 is 0 Å². The van der Waals surface area contributed by atoms with Crippen LogP contribution in [0.15, 0.2) is 30.3 Å². The molecule has 0 amide bonds. The molecule has 0 bridgehead atoms. The summed E-state index contributed by atoms with van der Waals surface area (Å²) >= 11 is 0. The normalized spacial score (nSPS) is 29.1. The lowest BCUT2D eigenvalue weighted by Gasteiger charge is -2.34. The largest absolute Gasteiger partial charge is 0.463 e. The minimum absolute atomic E-state index is 0.0928. The SMILES string of the molecule is O=C(CCc1ccccc1)OC[C@H]1OC[C@H](O)[C@@H](O)[C@H]1O. The van der Waals surface area contributed by atoms with E-state index in [4.69, 9.17) is 9.47 Å². The van der Waals surface area contributed by atoms with Gasteiger partial charge in [0.15, 0.2) is 0 Å². The van der Waals surface area contributed by atoms with Crippen LogP contribution in [0, 0.1) is 0 Å². The quantitative estimate of drug-likeness (QED) is 0.642. The van der Waals surface area contributed by atoms with Crippen molar-refractivity contribution in [2.24, 2.45) is 0 Å². The van der Waals surface area contributed by atoms with Gasteiger partial charge in [-0.15, -0.1) is 0 Å². The molecule has 1 fully saturated rings. The number of carbonyl (C=O) groups is 1. The van der Waals surface area contributed by atoms with Crippen molar-refractivity contribution in [3.05, 3.63) is 35.9 Å². The molecule has 1 aliphatic rings. The number of aryl methyl sites for hydroxylation is 1. The van der Waals surface area contributed by atoms with Crippen LogP contribution in [0.5, 0.6) is 0 Å². The van der Waals surface area contributed by atoms with Crippen LogP contribution >= 0.6 is 0 Å². The monoisotopic (exact) mass is 296 g/mol. The fraction of sp³-hybridized carbons (Fsp3) is 0.533. The highest BCUT2D eigenvalue weighted by Gasteiger charge is 2.38. The molecule has 4 atom stereocenters. The Bertz CT molecular complexity index is 449. The first-order valence-electron chi connectivity index (χ1n) is 6.93. The summed E-state index contributed by atoms with van der Waals surface area (Å²) in [5.74, 6) is -0.393. The van der Waals surface area contributed by atoms with Crippen molar-refractivity contribution in [3.63, 3.8) is 0 Å². The Morgan fingerprint density at radius 2 is 1.90 bits per heavy atom. The lowest BCUT2D eigenvalue weighted by molar-refractivity contribution is -0.201. The first kappa shape index (κ1) is 15.9. The lowest BCUT2D eigenvalue weighted by Crippen LogP contribution is -2.54. The highest BCUT2D eigenvalue weighted by Crippen LogP contribution is 2.16. The third-order valence-electron chi connectivity index (χ3n) is 3.48. The second kappa shape index (κ2) is 7.51. The topological polar surface area (TPSA) is 96.2 Å². The van der Waals surface area contributed by atoms with Gasteiger partial charge in [-0.1, -0.05) is 30.3 Å². The standard InChI is InChI=1S/C15H20O6/c16-11-8-20-12(15(19)14(11)18)9-21-13(17)7-6-10-4-2-1-3-5-10/h1-5,11-12,14-16,18-19H,6-9H2/t11-,12+,14+,15-/m0/s1. The summed E-state index contributed by atoms with van der Waals surface area (Å²) in [5.41, 5.74) is 1.04. The first-order valence-corrected chi connectivity index (χ1v) is 6.93. The molecule has 1 saturated heterocycles. The minimum Gasteiger partial charge on any atom is -0.463 e. The Kier molecular flexibility index (Phi) is 5.69. The molecule has 3 N–H and O–H groups in total. The van der Waals surface area contributed by atoms with Gasteiger partial charge in [0.1, 0.15) is 31.0 Å². The Morgan fingerprint density at radius 1 is 1.19 bits per heavy atom. The van der Waals surface area contributed by atoms with Crippen LogP contribution in [-0.2, 0) is 20.7 Å². The van der Waals surface area contributed by atoms with Crippen LogP contribution in [0.1, 0.15) is 12.0 Å². The van der Waals surface area contributed by atoms with Crippen LogP contribution in [0.2, 0.25) is 0 Å². The summed E-state index contributed by atoms with van der Waals surface area (Å²) in [7, 11) is 0. The van der Waals surface area contributed by atoms with Crippen molar-refractivity contribution in [2.75, 3.05) is 13.2 Å². The molecule has 0 aromatic heterocycles. The van der Waals surface area contributed by atoms with E-state index < -0.39 is 30.4 Å². The Hall–Kier alpha value is -1.47. The van der Waals surface area contributed by atoms with Crippen LogP contribution < -0.4 is 0 Å². The van der Waals surface area contributed by atoms with Gasteiger partial charge in [-0.25, -0.2) is 0 Å².